The molecule has 4 heteroatoms. The van der Waals surface area contributed by atoms with E-state index in [-0.39, 0.29) is 11.8 Å². The third-order valence-electron chi connectivity index (χ3n) is 4.43. The van der Waals surface area contributed by atoms with Crippen LogP contribution >= 0.6 is 0 Å². The summed E-state index contributed by atoms with van der Waals surface area (Å²) in [6.45, 7) is 6.35. The van der Waals surface area contributed by atoms with Crippen molar-refractivity contribution in [1.82, 2.24) is 5.32 Å². The second-order valence-corrected chi connectivity index (χ2v) is 6.25. The van der Waals surface area contributed by atoms with E-state index in [2.05, 4.69) is 5.32 Å². The Bertz CT molecular complexity index is 790. The topological polar surface area (TPSA) is 49.4 Å². The van der Waals surface area contributed by atoms with E-state index in [4.69, 9.17) is 0 Å². The van der Waals surface area contributed by atoms with Crippen LogP contribution in [0, 0.1) is 0 Å². The predicted molar refractivity (Wildman–Crippen MR) is 107 cm³/mol. The van der Waals surface area contributed by atoms with Gasteiger partial charge in [-0.3, -0.25) is 9.59 Å². The smallest absolute Gasteiger partial charge is 0.251 e. The number of hydrogen-bond donors (Lipinski definition) is 1. The van der Waals surface area contributed by atoms with Gasteiger partial charge >= 0.3 is 0 Å². The van der Waals surface area contributed by atoms with Crippen LogP contribution in [0.15, 0.2) is 60.2 Å². The summed E-state index contributed by atoms with van der Waals surface area (Å²) in [7, 11) is 1.78. The van der Waals surface area contributed by atoms with Gasteiger partial charge in [0, 0.05) is 31.3 Å². The second-order valence-electron chi connectivity index (χ2n) is 6.25. The third kappa shape index (κ3) is 4.82. The second kappa shape index (κ2) is 8.99. The Balaban J connectivity index is 2.08. The minimum atomic E-state index is -0.0761. The van der Waals surface area contributed by atoms with Gasteiger partial charge in [0.25, 0.3) is 5.91 Å². The van der Waals surface area contributed by atoms with Crippen LogP contribution in [0.2, 0.25) is 0 Å². The lowest BCUT2D eigenvalue weighted by molar-refractivity contribution is -0.118. The van der Waals surface area contributed by atoms with Crippen molar-refractivity contribution in [2.24, 2.45) is 0 Å². The molecule has 1 N–H and O–H groups in total. The summed E-state index contributed by atoms with van der Waals surface area (Å²) >= 11 is 0. The van der Waals surface area contributed by atoms with Crippen LogP contribution in [0.25, 0.3) is 11.1 Å². The molecule has 2 rings (SSSR count). The van der Waals surface area contributed by atoms with Crippen molar-refractivity contribution >= 4 is 17.5 Å². The Hall–Kier alpha value is -2.88. The van der Waals surface area contributed by atoms with Gasteiger partial charge in [0.1, 0.15) is 0 Å². The van der Waals surface area contributed by atoms with Crippen LogP contribution in [0.3, 0.4) is 0 Å². The summed E-state index contributed by atoms with van der Waals surface area (Å²) in [6, 6.07) is 15.4. The molecule has 26 heavy (non-hydrogen) atoms. The van der Waals surface area contributed by atoms with E-state index in [1.165, 1.54) is 0 Å². The molecule has 0 atom stereocenters. The molecule has 0 bridgehead atoms. The van der Waals surface area contributed by atoms with Crippen molar-refractivity contribution in [3.8, 4) is 11.1 Å². The highest BCUT2D eigenvalue weighted by Crippen LogP contribution is 2.23. The van der Waals surface area contributed by atoms with Gasteiger partial charge < -0.3 is 10.2 Å². The molecule has 4 nitrogen and oxygen atoms in total. The average Bonchev–Trinajstić information content (AvgIpc) is 2.70. The molecule has 0 spiro atoms. The molecule has 0 aliphatic heterocycles. The van der Waals surface area contributed by atoms with Crippen LogP contribution in [0.5, 0.6) is 0 Å². The predicted octanol–water partition coefficient (Wildman–Crippen LogP) is 4.42. The average molecular weight is 350 g/mol. The molecule has 0 aliphatic rings. The zero-order valence-electron chi connectivity index (χ0n) is 15.9. The normalized spacial score (nSPS) is 11.2. The Morgan fingerprint density at radius 1 is 1.00 bits per heavy atom. The molecule has 136 valence electrons. The van der Waals surface area contributed by atoms with Crippen molar-refractivity contribution in [1.29, 1.82) is 0 Å². The Kier molecular flexibility index (Phi) is 6.73. The van der Waals surface area contributed by atoms with Crippen LogP contribution in [-0.4, -0.2) is 25.4 Å². The Morgan fingerprint density at radius 3 is 2.04 bits per heavy atom. The number of carbonyl (C=O) groups excluding carboxylic acids is 2. The summed E-state index contributed by atoms with van der Waals surface area (Å²) in [5.74, 6) is 0.00840. The molecule has 2 aromatic rings. The number of nitrogens with one attached hydrogen (secondary N) is 1. The first-order valence-corrected chi connectivity index (χ1v) is 8.83. The van der Waals surface area contributed by atoms with E-state index in [0.29, 0.717) is 18.5 Å². The fourth-order valence-electron chi connectivity index (χ4n) is 2.50. The maximum absolute atomic E-state index is 12.1. The van der Waals surface area contributed by atoms with Crippen molar-refractivity contribution in [3.05, 3.63) is 65.7 Å². The standard InChI is InChI=1S/C22H26N2O2/c1-5-16(3)15-23-22(26)19-9-7-17(8-10-19)18-11-13-20(14-12-18)24(4)21(25)6-2/h5,7-14H,6,15H2,1-4H3,(H,23,26)/b16-5+. The van der Waals surface area contributed by atoms with Gasteiger partial charge in [-0.2, -0.15) is 0 Å². The number of hydrogen-bond acceptors (Lipinski definition) is 2. The molecule has 0 aliphatic carbocycles. The number of amides is 2. The summed E-state index contributed by atoms with van der Waals surface area (Å²) in [6.07, 6.45) is 2.47. The number of carbonyl (C=O) groups is 2. The van der Waals surface area contributed by atoms with Crippen LogP contribution < -0.4 is 10.2 Å². The molecule has 0 aromatic heterocycles. The highest BCUT2D eigenvalue weighted by Gasteiger charge is 2.09. The lowest BCUT2D eigenvalue weighted by atomic mass is 10.0. The van der Waals surface area contributed by atoms with E-state index in [9.17, 15) is 9.59 Å². The van der Waals surface area contributed by atoms with Gasteiger partial charge in [-0.25, -0.2) is 0 Å². The highest BCUT2D eigenvalue weighted by atomic mass is 16.2. The van der Waals surface area contributed by atoms with Gasteiger partial charge in [0.2, 0.25) is 5.91 Å². The first kappa shape index (κ1) is 19.4. The van der Waals surface area contributed by atoms with Gasteiger partial charge in [-0.1, -0.05) is 42.8 Å². The molecule has 0 radical (unpaired) electrons. The number of benzene rings is 2. The monoisotopic (exact) mass is 350 g/mol. The third-order valence-corrected chi connectivity index (χ3v) is 4.43. The molecular formula is C22H26N2O2. The molecule has 0 saturated carbocycles. The van der Waals surface area contributed by atoms with Gasteiger partial charge in [-0.05, 0) is 49.2 Å². The lowest BCUT2D eigenvalue weighted by Crippen LogP contribution is -2.25. The molecule has 0 fully saturated rings. The summed E-state index contributed by atoms with van der Waals surface area (Å²) < 4.78 is 0. The zero-order chi connectivity index (χ0) is 19.1. The number of allylic oxidation sites excluding steroid dienone is 1. The zero-order valence-corrected chi connectivity index (χ0v) is 15.9. The molecule has 2 aromatic carbocycles. The fourth-order valence-corrected chi connectivity index (χ4v) is 2.50. The van der Waals surface area contributed by atoms with Gasteiger partial charge in [-0.15, -0.1) is 0 Å². The van der Waals surface area contributed by atoms with Crippen LogP contribution in [-0.2, 0) is 4.79 Å². The molecule has 2 amide bonds. The van der Waals surface area contributed by atoms with Crippen molar-refractivity contribution < 1.29 is 9.59 Å². The Morgan fingerprint density at radius 2 is 1.54 bits per heavy atom. The van der Waals surface area contributed by atoms with Crippen LogP contribution in [0.1, 0.15) is 37.6 Å². The van der Waals surface area contributed by atoms with Crippen molar-refractivity contribution in [2.75, 3.05) is 18.5 Å². The number of anilines is 1. The Labute approximate surface area is 155 Å². The summed E-state index contributed by atoms with van der Waals surface area (Å²) in [4.78, 5) is 25.6. The lowest BCUT2D eigenvalue weighted by Gasteiger charge is -2.16. The number of nitrogens with zero attached hydrogens (tertiary/aromatic N) is 1. The molecular weight excluding hydrogens is 324 g/mol. The molecule has 0 unspecified atom stereocenters. The summed E-state index contributed by atoms with van der Waals surface area (Å²) in [5.41, 5.74) is 4.71. The van der Waals surface area contributed by atoms with Gasteiger partial charge in [0.05, 0.1) is 0 Å². The maximum atomic E-state index is 12.1. The first-order valence-electron chi connectivity index (χ1n) is 8.83. The SMILES string of the molecule is C/C=C(\C)CNC(=O)c1ccc(-c2ccc(N(C)C(=O)CC)cc2)cc1. The minimum absolute atomic E-state index is 0.0761. The minimum Gasteiger partial charge on any atom is -0.348 e. The summed E-state index contributed by atoms with van der Waals surface area (Å²) in [5, 5.41) is 2.90. The van der Waals surface area contributed by atoms with E-state index in [0.717, 1.165) is 22.4 Å². The molecule has 0 saturated heterocycles. The highest BCUT2D eigenvalue weighted by molar-refractivity contribution is 5.95. The van der Waals surface area contributed by atoms with Crippen molar-refractivity contribution in [2.45, 2.75) is 27.2 Å². The molecule has 0 heterocycles. The van der Waals surface area contributed by atoms with E-state index >= 15 is 0 Å². The number of rotatable bonds is 6. The first-order chi connectivity index (χ1) is 12.5. The maximum Gasteiger partial charge on any atom is 0.251 e. The quantitative estimate of drug-likeness (QED) is 0.784. The van der Waals surface area contributed by atoms with Crippen LogP contribution in [0.4, 0.5) is 5.69 Å². The largest absolute Gasteiger partial charge is 0.348 e. The van der Waals surface area contributed by atoms with E-state index in [1.807, 2.05) is 75.4 Å². The van der Waals surface area contributed by atoms with Gasteiger partial charge in [0.15, 0.2) is 0 Å². The van der Waals surface area contributed by atoms with E-state index < -0.39 is 0 Å². The van der Waals surface area contributed by atoms with E-state index in [1.54, 1.807) is 11.9 Å². The fraction of sp³-hybridized carbons (Fsp3) is 0.273. The van der Waals surface area contributed by atoms with Crippen molar-refractivity contribution in [3.63, 3.8) is 0 Å².